The Morgan fingerprint density at radius 1 is 1.34 bits per heavy atom. The van der Waals surface area contributed by atoms with Crippen molar-refractivity contribution in [3.8, 4) is 6.07 Å². The average molecular weight is 401 g/mol. The number of nitrogens with two attached hydrogens (primary N) is 1. The van der Waals surface area contributed by atoms with Gasteiger partial charge in [0.05, 0.1) is 5.56 Å². The molecule has 10 heteroatoms. The number of ether oxygens (including phenoxy) is 1. The lowest BCUT2D eigenvalue weighted by Crippen LogP contribution is -2.49. The number of amidine groups is 1. The number of aromatic nitrogens is 1. The normalized spacial score (nSPS) is 20.2. The molecule has 7 nitrogen and oxygen atoms in total. The number of alkyl halides is 2. The largest absolute Gasteiger partial charge is 0.425 e. The Hall–Kier alpha value is -3.87. The molecule has 1 atom stereocenters. The third kappa shape index (κ3) is 3.38. The number of nitriles is 1. The Kier molecular flexibility index (Phi) is 4.76. The molecule has 0 bridgehead atoms. The molecular formula is C19H14F3N5O2. The zero-order chi connectivity index (χ0) is 21.4. The quantitative estimate of drug-likeness (QED) is 0.821. The summed E-state index contributed by atoms with van der Waals surface area (Å²) < 4.78 is 48.5. The number of rotatable bonds is 3. The van der Waals surface area contributed by atoms with Crippen LogP contribution in [0.3, 0.4) is 0 Å². The van der Waals surface area contributed by atoms with Crippen LogP contribution in [0.15, 0.2) is 53.9 Å². The molecule has 0 radical (unpaired) electrons. The van der Waals surface area contributed by atoms with Gasteiger partial charge in [-0.25, -0.2) is 14.4 Å². The van der Waals surface area contributed by atoms with Crippen molar-refractivity contribution in [3.05, 3.63) is 71.5 Å². The van der Waals surface area contributed by atoms with E-state index in [9.17, 15) is 18.0 Å². The van der Waals surface area contributed by atoms with Gasteiger partial charge in [0.25, 0.3) is 11.9 Å². The van der Waals surface area contributed by atoms with Gasteiger partial charge in [0.2, 0.25) is 0 Å². The molecule has 1 aromatic heterocycles. The maximum absolute atomic E-state index is 14.7. The maximum Gasteiger partial charge on any atom is 0.332 e. The van der Waals surface area contributed by atoms with Crippen LogP contribution in [0.2, 0.25) is 0 Å². The molecule has 0 saturated carbocycles. The number of nitrogens with zero attached hydrogens (tertiary/aromatic N) is 3. The minimum atomic E-state index is -3.77. The smallest absolute Gasteiger partial charge is 0.332 e. The number of carbonyl (C=O) groups excluding carboxylic acids is 1. The summed E-state index contributed by atoms with van der Waals surface area (Å²) in [5.41, 5.74) is 2.75. The summed E-state index contributed by atoms with van der Waals surface area (Å²) in [7, 11) is 0. The minimum Gasteiger partial charge on any atom is -0.425 e. The van der Waals surface area contributed by atoms with E-state index in [1.165, 1.54) is 24.4 Å². The number of pyridine rings is 1. The fourth-order valence-electron chi connectivity index (χ4n) is 2.77. The van der Waals surface area contributed by atoms with E-state index in [4.69, 9.17) is 11.0 Å². The van der Waals surface area contributed by atoms with Crippen LogP contribution in [0.1, 0.15) is 28.5 Å². The van der Waals surface area contributed by atoms with E-state index < -0.39 is 40.5 Å². The fraction of sp³-hybridized carbons (Fsp3) is 0.158. The summed E-state index contributed by atoms with van der Waals surface area (Å²) in [6.07, 6.45) is 1.21. The predicted molar refractivity (Wildman–Crippen MR) is 97.5 cm³/mol. The molecule has 1 amide bonds. The summed E-state index contributed by atoms with van der Waals surface area (Å²) in [4.78, 5) is 19.8. The number of hydrogen-bond donors (Lipinski definition) is 2. The minimum absolute atomic E-state index is 0.0203. The topological polar surface area (TPSA) is 113 Å². The van der Waals surface area contributed by atoms with Crippen LogP contribution in [0.4, 0.5) is 18.9 Å². The number of hydrogen-bond acceptors (Lipinski definition) is 6. The summed E-state index contributed by atoms with van der Waals surface area (Å²) in [6, 6.07) is 7.14. The van der Waals surface area contributed by atoms with Gasteiger partial charge in [-0.1, -0.05) is 6.58 Å². The second kappa shape index (κ2) is 6.94. The molecule has 29 heavy (non-hydrogen) atoms. The fourth-order valence-corrected chi connectivity index (χ4v) is 2.77. The number of nitrogens with one attached hydrogen (secondary N) is 1. The van der Waals surface area contributed by atoms with Crippen LogP contribution in [0.25, 0.3) is 0 Å². The molecule has 0 fully saturated rings. The highest BCUT2D eigenvalue weighted by Crippen LogP contribution is 2.48. The molecule has 0 saturated heterocycles. The Morgan fingerprint density at radius 2 is 2.07 bits per heavy atom. The summed E-state index contributed by atoms with van der Waals surface area (Å²) >= 11 is 0. The van der Waals surface area contributed by atoms with E-state index in [-0.39, 0.29) is 16.9 Å². The number of anilines is 1. The van der Waals surface area contributed by atoms with Crippen molar-refractivity contribution < 1.29 is 22.7 Å². The summed E-state index contributed by atoms with van der Waals surface area (Å²) in [5.74, 6) is -6.40. The third-order valence-electron chi connectivity index (χ3n) is 4.40. The second-order valence-electron chi connectivity index (χ2n) is 6.31. The van der Waals surface area contributed by atoms with E-state index in [1.54, 1.807) is 0 Å². The Morgan fingerprint density at radius 3 is 2.69 bits per heavy atom. The molecule has 0 unspecified atom stereocenters. The SMILES string of the molecule is C=C1OC(N)=N[C@](C)(c2cc(NC(=O)c3ccc(C#N)cn3)ccc2F)C1(F)F. The lowest BCUT2D eigenvalue weighted by Gasteiger charge is -2.38. The molecule has 3 N–H and O–H groups in total. The van der Waals surface area contributed by atoms with Gasteiger partial charge in [-0.2, -0.15) is 14.0 Å². The number of carbonyl (C=O) groups is 1. The summed E-state index contributed by atoms with van der Waals surface area (Å²) in [6.45, 7) is 4.12. The van der Waals surface area contributed by atoms with Crippen molar-refractivity contribution in [2.75, 3.05) is 5.32 Å². The van der Waals surface area contributed by atoms with Crippen molar-refractivity contribution in [3.63, 3.8) is 0 Å². The van der Waals surface area contributed by atoms with Gasteiger partial charge in [0.1, 0.15) is 17.6 Å². The van der Waals surface area contributed by atoms with Crippen LogP contribution >= 0.6 is 0 Å². The average Bonchev–Trinajstić information content (AvgIpc) is 2.68. The molecule has 0 aliphatic carbocycles. The lowest BCUT2D eigenvalue weighted by molar-refractivity contribution is -0.0746. The van der Waals surface area contributed by atoms with Crippen molar-refractivity contribution in [1.29, 1.82) is 5.26 Å². The highest BCUT2D eigenvalue weighted by Gasteiger charge is 2.59. The zero-order valence-electron chi connectivity index (χ0n) is 15.0. The number of amides is 1. The first-order valence-electron chi connectivity index (χ1n) is 8.16. The van der Waals surface area contributed by atoms with E-state index in [1.807, 2.05) is 6.07 Å². The van der Waals surface area contributed by atoms with Gasteiger partial charge in [-0.3, -0.25) is 4.79 Å². The first kappa shape index (κ1) is 19.9. The molecule has 0 spiro atoms. The second-order valence-corrected chi connectivity index (χ2v) is 6.31. The lowest BCUT2D eigenvalue weighted by atomic mass is 9.84. The van der Waals surface area contributed by atoms with Crippen LogP contribution in [-0.4, -0.2) is 22.8 Å². The molecule has 1 aromatic carbocycles. The van der Waals surface area contributed by atoms with Crippen LogP contribution in [0, 0.1) is 17.1 Å². The van der Waals surface area contributed by atoms with Gasteiger partial charge < -0.3 is 15.8 Å². The molecule has 1 aliphatic heterocycles. The molecule has 148 valence electrons. The van der Waals surface area contributed by atoms with Crippen LogP contribution < -0.4 is 11.1 Å². The molecule has 2 aromatic rings. The van der Waals surface area contributed by atoms with Gasteiger partial charge in [0.15, 0.2) is 11.3 Å². The Bertz CT molecular complexity index is 1080. The first-order valence-corrected chi connectivity index (χ1v) is 8.16. The molecular weight excluding hydrogens is 387 g/mol. The maximum atomic E-state index is 14.7. The third-order valence-corrected chi connectivity index (χ3v) is 4.40. The van der Waals surface area contributed by atoms with Gasteiger partial charge in [-0.05, 0) is 37.3 Å². The van der Waals surface area contributed by atoms with Crippen molar-refractivity contribution in [2.45, 2.75) is 18.4 Å². The highest BCUT2D eigenvalue weighted by molar-refractivity contribution is 6.02. The standard InChI is InChI=1S/C19H14F3N5O2/c1-10-19(21,22)18(2,27-17(24)29-10)13-7-12(4-5-14(13)20)26-16(28)15-6-3-11(8-23)9-25-15/h3-7,9H,1H2,2H3,(H2,24,27)(H,26,28)/t18-/m1/s1. The number of halogens is 3. The van der Waals surface area contributed by atoms with Crippen LogP contribution in [0.5, 0.6) is 0 Å². The van der Waals surface area contributed by atoms with Crippen molar-refractivity contribution >= 4 is 17.6 Å². The zero-order valence-corrected chi connectivity index (χ0v) is 15.0. The van der Waals surface area contributed by atoms with E-state index >= 15 is 0 Å². The van der Waals surface area contributed by atoms with Gasteiger partial charge in [-0.15, -0.1) is 0 Å². The molecule has 2 heterocycles. The number of aliphatic imine (C=N–C) groups is 1. The summed E-state index contributed by atoms with van der Waals surface area (Å²) in [5, 5.41) is 11.2. The van der Waals surface area contributed by atoms with Crippen molar-refractivity contribution in [1.82, 2.24) is 4.98 Å². The highest BCUT2D eigenvalue weighted by atomic mass is 19.3. The van der Waals surface area contributed by atoms with E-state index in [0.29, 0.717) is 0 Å². The van der Waals surface area contributed by atoms with Crippen molar-refractivity contribution in [2.24, 2.45) is 10.7 Å². The monoisotopic (exact) mass is 401 g/mol. The Balaban J connectivity index is 1.98. The number of benzene rings is 1. The predicted octanol–water partition coefficient (Wildman–Crippen LogP) is 3.05. The Labute approximate surface area is 163 Å². The molecule has 3 rings (SSSR count). The van der Waals surface area contributed by atoms with E-state index in [2.05, 4.69) is 26.6 Å². The van der Waals surface area contributed by atoms with Crippen LogP contribution in [-0.2, 0) is 10.3 Å². The molecule has 1 aliphatic rings. The first-order chi connectivity index (χ1) is 13.6. The van der Waals surface area contributed by atoms with Gasteiger partial charge >= 0.3 is 5.92 Å². The van der Waals surface area contributed by atoms with Gasteiger partial charge in [0, 0.05) is 17.4 Å². The van der Waals surface area contributed by atoms with E-state index in [0.717, 1.165) is 19.1 Å².